The van der Waals surface area contributed by atoms with E-state index in [0.29, 0.717) is 29.6 Å². The molecule has 1 aromatic carbocycles. The first-order chi connectivity index (χ1) is 18.2. The zero-order valence-electron chi connectivity index (χ0n) is 20.8. The van der Waals surface area contributed by atoms with Crippen LogP contribution in [0, 0.1) is 11.3 Å². The maximum Gasteiger partial charge on any atom is 0.490 e. The Morgan fingerprint density at radius 3 is 2.49 bits per heavy atom. The molecule has 39 heavy (non-hydrogen) atoms. The molecule has 5 N–H and O–H groups in total. The number of aromatic nitrogens is 3. The van der Waals surface area contributed by atoms with Gasteiger partial charge in [0.05, 0.1) is 11.9 Å². The number of rotatable bonds is 8. The van der Waals surface area contributed by atoms with E-state index < -0.39 is 22.0 Å². The van der Waals surface area contributed by atoms with Crippen LogP contribution >= 0.6 is 0 Å². The first-order valence-electron chi connectivity index (χ1n) is 11.9. The molecule has 0 bridgehead atoms. The number of hydrogen-bond donors (Lipinski definition) is 4. The Bertz CT molecular complexity index is 1560. The quantitative estimate of drug-likeness (QED) is 0.318. The summed E-state index contributed by atoms with van der Waals surface area (Å²) in [6.07, 6.45) is 1.80. The SMILES string of the molecule is CS(=O)(=O)Cc1cc(Nc2cc(NC3CC3)n3ncc(C#N)c3n2)ccc1C1(CN)CC1.O=C(O)C(F)(F)F. The normalized spacial score (nSPS) is 16.1. The first kappa shape index (κ1) is 28.1. The average Bonchev–Trinajstić information content (AvgIpc) is 3.76. The maximum atomic E-state index is 12.1. The van der Waals surface area contributed by atoms with Gasteiger partial charge in [-0.1, -0.05) is 6.07 Å². The van der Waals surface area contributed by atoms with Gasteiger partial charge in [-0.15, -0.1) is 0 Å². The smallest absolute Gasteiger partial charge is 0.475 e. The van der Waals surface area contributed by atoms with Crippen LogP contribution in [0.5, 0.6) is 0 Å². The number of nitriles is 1. The molecule has 15 heteroatoms. The van der Waals surface area contributed by atoms with E-state index in [1.165, 1.54) is 12.5 Å². The van der Waals surface area contributed by atoms with E-state index in [1.807, 2.05) is 24.3 Å². The van der Waals surface area contributed by atoms with Crippen LogP contribution in [0.15, 0.2) is 30.5 Å². The highest BCUT2D eigenvalue weighted by atomic mass is 32.2. The number of nitrogens with one attached hydrogen (secondary N) is 2. The molecule has 2 aromatic heterocycles. The van der Waals surface area contributed by atoms with E-state index >= 15 is 0 Å². The summed E-state index contributed by atoms with van der Waals surface area (Å²) in [5.41, 5.74) is 9.25. The summed E-state index contributed by atoms with van der Waals surface area (Å²) in [6, 6.07) is 10.2. The van der Waals surface area contributed by atoms with Crippen molar-refractivity contribution in [3.05, 3.63) is 47.2 Å². The van der Waals surface area contributed by atoms with Gasteiger partial charge in [-0.3, -0.25) is 0 Å². The van der Waals surface area contributed by atoms with Crippen molar-refractivity contribution < 1.29 is 31.5 Å². The van der Waals surface area contributed by atoms with Crippen molar-refractivity contribution in [2.75, 3.05) is 23.4 Å². The molecule has 0 amide bonds. The number of carboxylic acids is 1. The fourth-order valence-electron chi connectivity index (χ4n) is 4.12. The summed E-state index contributed by atoms with van der Waals surface area (Å²) in [5, 5.41) is 27.5. The Balaban J connectivity index is 0.000000448. The lowest BCUT2D eigenvalue weighted by Gasteiger charge is -2.19. The molecule has 2 aliphatic carbocycles. The second-order valence-electron chi connectivity index (χ2n) is 9.71. The van der Waals surface area contributed by atoms with Gasteiger partial charge in [0.25, 0.3) is 0 Å². The Hall–Kier alpha value is -3.90. The van der Waals surface area contributed by atoms with Crippen molar-refractivity contribution in [2.24, 2.45) is 5.73 Å². The second-order valence-corrected chi connectivity index (χ2v) is 11.8. The summed E-state index contributed by atoms with van der Waals surface area (Å²) < 4.78 is 57.5. The van der Waals surface area contributed by atoms with E-state index in [-0.39, 0.29) is 11.2 Å². The molecule has 208 valence electrons. The topological polar surface area (TPSA) is 175 Å². The molecule has 3 aromatic rings. The van der Waals surface area contributed by atoms with Crippen LogP contribution in [0.4, 0.5) is 30.5 Å². The number of fused-ring (bicyclic) bond motifs is 1. The van der Waals surface area contributed by atoms with Crippen LogP contribution in [0.2, 0.25) is 0 Å². The molecule has 5 rings (SSSR count). The third kappa shape index (κ3) is 6.76. The average molecular weight is 566 g/mol. The minimum absolute atomic E-state index is 0.0399. The van der Waals surface area contributed by atoms with E-state index in [1.54, 1.807) is 4.52 Å². The number of aliphatic carboxylic acids is 1. The molecule has 2 aliphatic rings. The summed E-state index contributed by atoms with van der Waals surface area (Å²) >= 11 is 0. The van der Waals surface area contributed by atoms with Gasteiger partial charge in [0.15, 0.2) is 15.5 Å². The molecule has 0 saturated heterocycles. The Morgan fingerprint density at radius 1 is 1.31 bits per heavy atom. The molecular weight excluding hydrogens is 539 g/mol. The van der Waals surface area contributed by atoms with Gasteiger partial charge >= 0.3 is 12.1 Å². The number of hydrogen-bond acceptors (Lipinski definition) is 9. The monoisotopic (exact) mass is 565 g/mol. The van der Waals surface area contributed by atoms with E-state index in [0.717, 1.165) is 48.3 Å². The van der Waals surface area contributed by atoms with Crippen LogP contribution in [-0.4, -0.2) is 59.1 Å². The molecule has 0 unspecified atom stereocenters. The van der Waals surface area contributed by atoms with Crippen molar-refractivity contribution in [3.8, 4) is 6.07 Å². The number of nitrogens with two attached hydrogens (primary N) is 1. The lowest BCUT2D eigenvalue weighted by Crippen LogP contribution is -2.22. The Kier molecular flexibility index (Phi) is 7.46. The summed E-state index contributed by atoms with van der Waals surface area (Å²) in [4.78, 5) is 13.5. The van der Waals surface area contributed by atoms with Crippen molar-refractivity contribution in [1.82, 2.24) is 14.6 Å². The third-order valence-corrected chi connectivity index (χ3v) is 7.21. The summed E-state index contributed by atoms with van der Waals surface area (Å²) in [7, 11) is -3.22. The highest BCUT2D eigenvalue weighted by molar-refractivity contribution is 7.89. The predicted octanol–water partition coefficient (Wildman–Crippen LogP) is 3.09. The molecular formula is C24H26F3N7O4S. The van der Waals surface area contributed by atoms with Crippen molar-refractivity contribution >= 4 is 38.8 Å². The number of alkyl halides is 3. The number of anilines is 3. The van der Waals surface area contributed by atoms with Crippen LogP contribution in [-0.2, 0) is 25.8 Å². The maximum absolute atomic E-state index is 12.1. The van der Waals surface area contributed by atoms with Crippen molar-refractivity contribution in [1.29, 1.82) is 5.26 Å². The van der Waals surface area contributed by atoms with Crippen LogP contribution < -0.4 is 16.4 Å². The van der Waals surface area contributed by atoms with Crippen LogP contribution in [0.25, 0.3) is 5.65 Å². The summed E-state index contributed by atoms with van der Waals surface area (Å²) in [5.74, 6) is -1.49. The van der Waals surface area contributed by atoms with Gasteiger partial charge in [-0.25, -0.2) is 18.2 Å². The molecule has 11 nitrogen and oxygen atoms in total. The van der Waals surface area contributed by atoms with Crippen molar-refractivity contribution in [2.45, 2.75) is 49.1 Å². The lowest BCUT2D eigenvalue weighted by atomic mass is 9.91. The highest BCUT2D eigenvalue weighted by Crippen LogP contribution is 2.49. The summed E-state index contributed by atoms with van der Waals surface area (Å²) in [6.45, 7) is 0.503. The minimum atomic E-state index is -5.08. The van der Waals surface area contributed by atoms with Gasteiger partial charge in [0.1, 0.15) is 23.3 Å². The van der Waals surface area contributed by atoms with Gasteiger partial charge < -0.3 is 21.5 Å². The molecule has 2 heterocycles. The Morgan fingerprint density at radius 2 is 1.97 bits per heavy atom. The lowest BCUT2D eigenvalue weighted by molar-refractivity contribution is -0.192. The number of nitrogens with zero attached hydrogens (tertiary/aromatic N) is 4. The van der Waals surface area contributed by atoms with Gasteiger partial charge in [0, 0.05) is 36.0 Å². The second kappa shape index (κ2) is 10.3. The molecule has 0 atom stereocenters. The minimum Gasteiger partial charge on any atom is -0.475 e. The van der Waals surface area contributed by atoms with Crippen molar-refractivity contribution in [3.63, 3.8) is 0 Å². The van der Waals surface area contributed by atoms with Crippen LogP contribution in [0.3, 0.4) is 0 Å². The zero-order chi connectivity index (χ0) is 28.6. The largest absolute Gasteiger partial charge is 0.490 e. The number of carboxylic acid groups (broad SMARTS) is 1. The van der Waals surface area contributed by atoms with Gasteiger partial charge in [-0.2, -0.15) is 28.0 Å². The van der Waals surface area contributed by atoms with E-state index in [2.05, 4.69) is 26.8 Å². The number of benzene rings is 1. The Labute approximate surface area is 221 Å². The van der Waals surface area contributed by atoms with Crippen LogP contribution in [0.1, 0.15) is 42.4 Å². The third-order valence-electron chi connectivity index (χ3n) is 6.38. The van der Waals surface area contributed by atoms with Gasteiger partial charge in [0.2, 0.25) is 0 Å². The number of halogens is 3. The van der Waals surface area contributed by atoms with Gasteiger partial charge in [-0.05, 0) is 48.9 Å². The molecule has 0 aliphatic heterocycles. The van der Waals surface area contributed by atoms with E-state index in [4.69, 9.17) is 15.6 Å². The zero-order valence-corrected chi connectivity index (χ0v) is 21.6. The standard InChI is InChI=1S/C22H25N7O2S.C2HF3O2/c1-32(30,31)12-14-8-17(4-5-18(14)22(13-24)6-7-22)26-19-9-20(27-16-2-3-16)29-21(28-19)15(10-23)11-25-29;3-2(4,5)1(6)7/h4-5,8-9,11,16,27H,2-3,6-7,12-13,24H2,1H3,(H,26,28);(H,6,7). The van der Waals surface area contributed by atoms with E-state index in [9.17, 15) is 26.9 Å². The fraction of sp³-hybridized carbons (Fsp3) is 0.417. The predicted molar refractivity (Wildman–Crippen MR) is 136 cm³/mol. The highest BCUT2D eigenvalue weighted by Gasteiger charge is 2.44. The molecule has 0 radical (unpaired) electrons. The number of carbonyl (C=O) groups is 1. The molecule has 0 spiro atoms. The fourth-order valence-corrected chi connectivity index (χ4v) is 4.92. The first-order valence-corrected chi connectivity index (χ1v) is 13.9. The molecule has 2 fully saturated rings. The molecule has 2 saturated carbocycles. The number of sulfone groups is 1.